The first-order chi connectivity index (χ1) is 11.7. The van der Waals surface area contributed by atoms with Crippen molar-refractivity contribution in [2.45, 2.75) is 40.5 Å². The highest BCUT2D eigenvalue weighted by atomic mass is 32.1. The van der Waals surface area contributed by atoms with Crippen molar-refractivity contribution in [3.63, 3.8) is 0 Å². The standard InChI is InChI=1S/C18H24N4O2S/c1-11(2)12-6-8-13(9-7-12)15-21-22-17(25-15)20-14(23)10-19-16(24)18(3,4)5/h6-9,11H,10H2,1-5H3,(H,19,24)(H,20,22,23). The number of carbonyl (C=O) groups is 2. The van der Waals surface area contributed by atoms with Crippen LogP contribution in [0.3, 0.4) is 0 Å². The zero-order valence-corrected chi connectivity index (χ0v) is 16.0. The van der Waals surface area contributed by atoms with Crippen LogP contribution in [0.2, 0.25) is 0 Å². The molecule has 0 unspecified atom stereocenters. The molecule has 1 heterocycles. The van der Waals surface area contributed by atoms with Crippen molar-refractivity contribution in [3.05, 3.63) is 29.8 Å². The van der Waals surface area contributed by atoms with Crippen LogP contribution in [0.15, 0.2) is 24.3 Å². The van der Waals surface area contributed by atoms with E-state index >= 15 is 0 Å². The number of aromatic nitrogens is 2. The summed E-state index contributed by atoms with van der Waals surface area (Å²) in [6.45, 7) is 9.58. The minimum atomic E-state index is -0.529. The van der Waals surface area contributed by atoms with Gasteiger partial charge in [0.1, 0.15) is 5.01 Å². The number of rotatable bonds is 5. The Morgan fingerprint density at radius 2 is 1.76 bits per heavy atom. The molecule has 0 aliphatic heterocycles. The van der Waals surface area contributed by atoms with Crippen molar-refractivity contribution < 1.29 is 9.59 Å². The van der Waals surface area contributed by atoms with Gasteiger partial charge >= 0.3 is 0 Å². The number of hydrogen-bond acceptors (Lipinski definition) is 5. The van der Waals surface area contributed by atoms with E-state index in [9.17, 15) is 9.59 Å². The fourth-order valence-electron chi connectivity index (χ4n) is 1.99. The molecule has 6 nitrogen and oxygen atoms in total. The van der Waals surface area contributed by atoms with E-state index in [0.717, 1.165) is 10.6 Å². The lowest BCUT2D eigenvalue weighted by atomic mass is 9.96. The van der Waals surface area contributed by atoms with Crippen molar-refractivity contribution in [2.75, 3.05) is 11.9 Å². The molecule has 2 rings (SSSR count). The van der Waals surface area contributed by atoms with Gasteiger partial charge in [-0.1, -0.05) is 70.2 Å². The predicted octanol–water partition coefficient (Wildman–Crippen LogP) is 3.43. The van der Waals surface area contributed by atoms with E-state index in [1.165, 1.54) is 16.9 Å². The van der Waals surface area contributed by atoms with Crippen LogP contribution in [0.5, 0.6) is 0 Å². The Balaban J connectivity index is 1.95. The Morgan fingerprint density at radius 3 is 2.32 bits per heavy atom. The van der Waals surface area contributed by atoms with Crippen LogP contribution in [-0.2, 0) is 9.59 Å². The second-order valence-corrected chi connectivity index (χ2v) is 8.15. The fourth-order valence-corrected chi connectivity index (χ4v) is 2.76. The molecule has 0 fully saturated rings. The third-order valence-corrected chi connectivity index (χ3v) is 4.47. The van der Waals surface area contributed by atoms with Crippen LogP contribution in [0, 0.1) is 5.41 Å². The van der Waals surface area contributed by atoms with Crippen LogP contribution >= 0.6 is 11.3 Å². The average Bonchev–Trinajstić information content (AvgIpc) is 3.00. The van der Waals surface area contributed by atoms with Gasteiger partial charge in [0.05, 0.1) is 6.54 Å². The van der Waals surface area contributed by atoms with Crippen LogP contribution in [0.1, 0.15) is 46.1 Å². The minimum absolute atomic E-state index is 0.0892. The predicted molar refractivity (Wildman–Crippen MR) is 101 cm³/mol. The summed E-state index contributed by atoms with van der Waals surface area (Å²) in [6, 6.07) is 8.15. The molecule has 0 spiro atoms. The highest BCUT2D eigenvalue weighted by Crippen LogP contribution is 2.27. The number of nitrogens with zero attached hydrogens (tertiary/aromatic N) is 2. The Bertz CT molecular complexity index is 745. The zero-order chi connectivity index (χ0) is 18.6. The summed E-state index contributed by atoms with van der Waals surface area (Å²) < 4.78 is 0. The van der Waals surface area contributed by atoms with E-state index in [4.69, 9.17) is 0 Å². The highest BCUT2D eigenvalue weighted by Gasteiger charge is 2.21. The third-order valence-electron chi connectivity index (χ3n) is 3.59. The third kappa shape index (κ3) is 5.35. The molecule has 1 aromatic carbocycles. The molecule has 0 bridgehead atoms. The van der Waals surface area contributed by atoms with Gasteiger partial charge in [0.15, 0.2) is 0 Å². The van der Waals surface area contributed by atoms with Crippen molar-refractivity contribution in [1.29, 1.82) is 0 Å². The van der Waals surface area contributed by atoms with E-state index in [1.807, 2.05) is 12.1 Å². The lowest BCUT2D eigenvalue weighted by Crippen LogP contribution is -2.39. The van der Waals surface area contributed by atoms with Gasteiger partial charge in [-0.3, -0.25) is 14.9 Å². The smallest absolute Gasteiger partial charge is 0.245 e. The summed E-state index contributed by atoms with van der Waals surface area (Å²) in [7, 11) is 0. The van der Waals surface area contributed by atoms with Crippen molar-refractivity contribution in [3.8, 4) is 10.6 Å². The van der Waals surface area contributed by atoms with Crippen LogP contribution in [0.4, 0.5) is 5.13 Å². The van der Waals surface area contributed by atoms with Crippen molar-refractivity contribution in [1.82, 2.24) is 15.5 Å². The summed E-state index contributed by atoms with van der Waals surface area (Å²) in [5.41, 5.74) is 1.69. The molecule has 25 heavy (non-hydrogen) atoms. The summed E-state index contributed by atoms with van der Waals surface area (Å²) in [5.74, 6) is -0.0251. The molecule has 1 aromatic heterocycles. The van der Waals surface area contributed by atoms with E-state index < -0.39 is 5.41 Å². The van der Waals surface area contributed by atoms with Gasteiger partial charge in [0.25, 0.3) is 0 Å². The second kappa shape index (κ2) is 7.74. The second-order valence-electron chi connectivity index (χ2n) is 7.17. The molecule has 0 aliphatic rings. The molecular formula is C18H24N4O2S. The monoisotopic (exact) mass is 360 g/mol. The molecule has 0 atom stereocenters. The first-order valence-corrected chi connectivity index (χ1v) is 9.00. The van der Waals surface area contributed by atoms with E-state index in [-0.39, 0.29) is 18.4 Å². The molecule has 2 aromatic rings. The van der Waals surface area contributed by atoms with E-state index in [0.29, 0.717) is 11.0 Å². The maximum atomic E-state index is 11.9. The molecule has 0 radical (unpaired) electrons. The summed E-state index contributed by atoms with van der Waals surface area (Å²) in [5, 5.41) is 14.5. The van der Waals surface area contributed by atoms with Gasteiger partial charge in [-0.15, -0.1) is 10.2 Å². The number of amides is 2. The molecule has 134 valence electrons. The fraction of sp³-hybridized carbons (Fsp3) is 0.444. The van der Waals surface area contributed by atoms with Gasteiger partial charge in [-0.05, 0) is 11.5 Å². The normalized spacial score (nSPS) is 11.4. The van der Waals surface area contributed by atoms with Gasteiger partial charge in [-0.25, -0.2) is 0 Å². The van der Waals surface area contributed by atoms with Crippen molar-refractivity contribution in [2.24, 2.45) is 5.41 Å². The molecule has 0 saturated carbocycles. The largest absolute Gasteiger partial charge is 0.347 e. The molecule has 0 saturated heterocycles. The van der Waals surface area contributed by atoms with E-state index in [2.05, 4.69) is 46.8 Å². The number of carbonyl (C=O) groups excluding carboxylic acids is 2. The van der Waals surface area contributed by atoms with Crippen LogP contribution in [-0.4, -0.2) is 28.6 Å². The van der Waals surface area contributed by atoms with Gasteiger partial charge in [-0.2, -0.15) is 0 Å². The van der Waals surface area contributed by atoms with E-state index in [1.54, 1.807) is 20.8 Å². The van der Waals surface area contributed by atoms with Gasteiger partial charge in [0, 0.05) is 11.0 Å². The quantitative estimate of drug-likeness (QED) is 0.855. The number of anilines is 1. The number of benzene rings is 1. The maximum Gasteiger partial charge on any atom is 0.245 e. The summed E-state index contributed by atoms with van der Waals surface area (Å²) in [4.78, 5) is 23.7. The van der Waals surface area contributed by atoms with Crippen molar-refractivity contribution >= 4 is 28.3 Å². The molecule has 2 amide bonds. The highest BCUT2D eigenvalue weighted by molar-refractivity contribution is 7.18. The van der Waals surface area contributed by atoms with Crippen LogP contribution < -0.4 is 10.6 Å². The summed E-state index contributed by atoms with van der Waals surface area (Å²) >= 11 is 1.30. The van der Waals surface area contributed by atoms with Gasteiger partial charge in [0.2, 0.25) is 16.9 Å². The SMILES string of the molecule is CC(C)c1ccc(-c2nnc(NC(=O)CNC(=O)C(C)(C)C)s2)cc1. The average molecular weight is 360 g/mol. The Hall–Kier alpha value is -2.28. The molecule has 2 N–H and O–H groups in total. The molecule has 0 aliphatic carbocycles. The van der Waals surface area contributed by atoms with Crippen LogP contribution in [0.25, 0.3) is 10.6 Å². The lowest BCUT2D eigenvalue weighted by Gasteiger charge is -2.16. The maximum absolute atomic E-state index is 11.9. The zero-order valence-electron chi connectivity index (χ0n) is 15.2. The topological polar surface area (TPSA) is 84.0 Å². The summed E-state index contributed by atoms with van der Waals surface area (Å²) in [6.07, 6.45) is 0. The molecular weight excluding hydrogens is 336 g/mol. The Morgan fingerprint density at radius 1 is 1.12 bits per heavy atom. The lowest BCUT2D eigenvalue weighted by molar-refractivity contribution is -0.130. The number of hydrogen-bond donors (Lipinski definition) is 2. The minimum Gasteiger partial charge on any atom is -0.347 e. The Labute approximate surface area is 152 Å². The first-order valence-electron chi connectivity index (χ1n) is 8.19. The van der Waals surface area contributed by atoms with Gasteiger partial charge < -0.3 is 5.32 Å². The Kier molecular flexibility index (Phi) is 5.89. The number of nitrogens with one attached hydrogen (secondary N) is 2. The first kappa shape index (κ1) is 19.1. The molecule has 7 heteroatoms.